The van der Waals surface area contributed by atoms with E-state index in [1.54, 1.807) is 30.3 Å². The Morgan fingerprint density at radius 1 is 1.28 bits per heavy atom. The van der Waals surface area contributed by atoms with Crippen LogP contribution >= 0.6 is 0 Å². The van der Waals surface area contributed by atoms with Crippen LogP contribution in [0.2, 0.25) is 0 Å². The van der Waals surface area contributed by atoms with E-state index >= 15 is 0 Å². The second-order valence-electron chi connectivity index (χ2n) is 3.62. The number of rotatable bonds is 7. The molecule has 0 fully saturated rings. The standard InChI is InChI=1S/C12H16N2O3S/c1-17-11-10-14(9-5-8-13)18(15,16)12-6-3-2-4-7-12/h2-4,6-7H,5,9-11H2,1H3. The minimum absolute atomic E-state index is 0.162. The molecule has 0 aliphatic carbocycles. The number of nitrogens with zero attached hydrogens (tertiary/aromatic N) is 2. The molecule has 0 N–H and O–H groups in total. The topological polar surface area (TPSA) is 70.4 Å². The molecule has 0 radical (unpaired) electrons. The molecular formula is C12H16N2O3S. The first-order valence-corrected chi connectivity index (χ1v) is 6.98. The van der Waals surface area contributed by atoms with Crippen LogP contribution in [0.15, 0.2) is 35.2 Å². The van der Waals surface area contributed by atoms with E-state index in [0.29, 0.717) is 6.61 Å². The average Bonchev–Trinajstić information content (AvgIpc) is 2.39. The van der Waals surface area contributed by atoms with Crippen molar-refractivity contribution >= 4 is 10.0 Å². The van der Waals surface area contributed by atoms with Crippen molar-refractivity contribution in [1.82, 2.24) is 4.31 Å². The first-order valence-electron chi connectivity index (χ1n) is 5.54. The quantitative estimate of drug-likeness (QED) is 0.746. The number of methoxy groups -OCH3 is 1. The van der Waals surface area contributed by atoms with Crippen LogP contribution in [0.5, 0.6) is 0 Å². The highest BCUT2D eigenvalue weighted by molar-refractivity contribution is 7.89. The maximum absolute atomic E-state index is 12.3. The molecule has 0 saturated heterocycles. The Labute approximate surface area is 108 Å². The van der Waals surface area contributed by atoms with Gasteiger partial charge in [-0.25, -0.2) is 8.42 Å². The van der Waals surface area contributed by atoms with Gasteiger partial charge in [-0.2, -0.15) is 9.57 Å². The highest BCUT2D eigenvalue weighted by atomic mass is 32.2. The van der Waals surface area contributed by atoms with Gasteiger partial charge in [0.15, 0.2) is 0 Å². The molecule has 0 saturated carbocycles. The molecule has 5 nitrogen and oxygen atoms in total. The Morgan fingerprint density at radius 3 is 2.50 bits per heavy atom. The van der Waals surface area contributed by atoms with Gasteiger partial charge in [-0.05, 0) is 12.1 Å². The molecule has 0 spiro atoms. The predicted octanol–water partition coefficient (Wildman–Crippen LogP) is 1.24. The van der Waals surface area contributed by atoms with Crippen LogP contribution in [0.3, 0.4) is 0 Å². The molecule has 0 heterocycles. The van der Waals surface area contributed by atoms with Crippen molar-refractivity contribution in [3.05, 3.63) is 30.3 Å². The van der Waals surface area contributed by atoms with Gasteiger partial charge in [-0.1, -0.05) is 18.2 Å². The zero-order valence-electron chi connectivity index (χ0n) is 10.2. The normalized spacial score (nSPS) is 11.4. The van der Waals surface area contributed by atoms with Crippen LogP contribution < -0.4 is 0 Å². The van der Waals surface area contributed by atoms with Crippen molar-refractivity contribution in [3.8, 4) is 6.07 Å². The fourth-order valence-electron chi connectivity index (χ4n) is 1.46. The number of hydrogen-bond acceptors (Lipinski definition) is 4. The lowest BCUT2D eigenvalue weighted by molar-refractivity contribution is 0.179. The third kappa shape index (κ3) is 3.81. The summed E-state index contributed by atoms with van der Waals surface area (Å²) in [6.45, 7) is 0.726. The SMILES string of the molecule is COCCN(CCC#N)S(=O)(=O)c1ccccc1. The lowest BCUT2D eigenvalue weighted by atomic mass is 10.4. The molecular weight excluding hydrogens is 252 g/mol. The predicted molar refractivity (Wildman–Crippen MR) is 67.3 cm³/mol. The Hall–Kier alpha value is -1.42. The molecule has 0 atom stereocenters. The van der Waals surface area contributed by atoms with Gasteiger partial charge in [0.1, 0.15) is 0 Å². The Kier molecular flexibility index (Phi) is 5.78. The van der Waals surface area contributed by atoms with Crippen molar-refractivity contribution in [2.45, 2.75) is 11.3 Å². The molecule has 1 aromatic rings. The van der Waals surface area contributed by atoms with Crippen molar-refractivity contribution in [2.75, 3.05) is 26.8 Å². The van der Waals surface area contributed by atoms with Gasteiger partial charge in [0, 0.05) is 26.6 Å². The van der Waals surface area contributed by atoms with Crippen LogP contribution in [-0.4, -0.2) is 39.5 Å². The Balaban J connectivity index is 2.93. The van der Waals surface area contributed by atoms with Gasteiger partial charge in [-0.3, -0.25) is 0 Å². The molecule has 0 bridgehead atoms. The Bertz CT molecular complexity index is 494. The number of nitriles is 1. The summed E-state index contributed by atoms with van der Waals surface area (Å²) < 4.78 is 30.8. The maximum atomic E-state index is 12.3. The molecule has 0 aliphatic rings. The first kappa shape index (κ1) is 14.6. The first-order chi connectivity index (χ1) is 8.62. The zero-order chi connectivity index (χ0) is 13.4. The lowest BCUT2D eigenvalue weighted by Crippen LogP contribution is -2.34. The minimum Gasteiger partial charge on any atom is -0.383 e. The summed E-state index contributed by atoms with van der Waals surface area (Å²) in [4.78, 5) is 0.235. The number of ether oxygens (including phenoxy) is 1. The summed E-state index contributed by atoms with van der Waals surface area (Å²) in [5.74, 6) is 0. The summed E-state index contributed by atoms with van der Waals surface area (Å²) in [7, 11) is -2.03. The molecule has 0 aliphatic heterocycles. The molecule has 0 aromatic heterocycles. The van der Waals surface area contributed by atoms with Crippen molar-refractivity contribution in [3.63, 3.8) is 0 Å². The summed E-state index contributed by atoms with van der Waals surface area (Å²) in [5, 5.41) is 8.57. The zero-order valence-corrected chi connectivity index (χ0v) is 11.1. The largest absolute Gasteiger partial charge is 0.383 e. The third-order valence-electron chi connectivity index (χ3n) is 2.40. The molecule has 1 rings (SSSR count). The van der Waals surface area contributed by atoms with Crippen LogP contribution in [0.1, 0.15) is 6.42 Å². The number of sulfonamides is 1. The van der Waals surface area contributed by atoms with E-state index in [4.69, 9.17) is 10.00 Å². The van der Waals surface area contributed by atoms with Gasteiger partial charge in [0.2, 0.25) is 10.0 Å². The second-order valence-corrected chi connectivity index (χ2v) is 5.56. The fourth-order valence-corrected chi connectivity index (χ4v) is 2.91. The number of benzene rings is 1. The molecule has 18 heavy (non-hydrogen) atoms. The van der Waals surface area contributed by atoms with Crippen LogP contribution in [-0.2, 0) is 14.8 Å². The van der Waals surface area contributed by atoms with Gasteiger partial charge in [0.05, 0.1) is 17.6 Å². The van der Waals surface area contributed by atoms with Crippen molar-refractivity contribution in [2.24, 2.45) is 0 Å². The minimum atomic E-state index is -3.54. The smallest absolute Gasteiger partial charge is 0.243 e. The summed E-state index contributed by atoms with van der Waals surface area (Å²) in [5.41, 5.74) is 0. The van der Waals surface area contributed by atoms with Gasteiger partial charge in [-0.15, -0.1) is 0 Å². The fraction of sp³-hybridized carbons (Fsp3) is 0.417. The molecule has 0 unspecified atom stereocenters. The van der Waals surface area contributed by atoms with Crippen LogP contribution in [0, 0.1) is 11.3 Å². The van der Waals surface area contributed by atoms with Gasteiger partial charge < -0.3 is 4.74 Å². The highest BCUT2D eigenvalue weighted by Gasteiger charge is 2.23. The molecule has 6 heteroatoms. The van der Waals surface area contributed by atoms with E-state index in [1.165, 1.54) is 11.4 Å². The molecule has 1 aromatic carbocycles. The average molecular weight is 268 g/mol. The maximum Gasteiger partial charge on any atom is 0.243 e. The lowest BCUT2D eigenvalue weighted by Gasteiger charge is -2.20. The summed E-state index contributed by atoms with van der Waals surface area (Å²) >= 11 is 0. The van der Waals surface area contributed by atoms with Crippen LogP contribution in [0.4, 0.5) is 0 Å². The van der Waals surface area contributed by atoms with Crippen molar-refractivity contribution in [1.29, 1.82) is 5.26 Å². The van der Waals surface area contributed by atoms with E-state index in [1.807, 2.05) is 6.07 Å². The molecule has 0 amide bonds. The van der Waals surface area contributed by atoms with E-state index in [-0.39, 0.29) is 24.4 Å². The van der Waals surface area contributed by atoms with Crippen molar-refractivity contribution < 1.29 is 13.2 Å². The Morgan fingerprint density at radius 2 is 1.94 bits per heavy atom. The summed E-state index contributed by atoms with van der Waals surface area (Å²) in [6.07, 6.45) is 0.162. The number of hydrogen-bond donors (Lipinski definition) is 0. The van der Waals surface area contributed by atoms with Gasteiger partial charge >= 0.3 is 0 Å². The molecule has 98 valence electrons. The monoisotopic (exact) mass is 268 g/mol. The summed E-state index contributed by atoms with van der Waals surface area (Å²) in [6, 6.07) is 10.1. The third-order valence-corrected chi connectivity index (χ3v) is 4.31. The van der Waals surface area contributed by atoms with Crippen LogP contribution in [0.25, 0.3) is 0 Å². The van der Waals surface area contributed by atoms with E-state index in [9.17, 15) is 8.42 Å². The second kappa shape index (κ2) is 7.11. The highest BCUT2D eigenvalue weighted by Crippen LogP contribution is 2.15. The van der Waals surface area contributed by atoms with Gasteiger partial charge in [0.25, 0.3) is 0 Å². The van der Waals surface area contributed by atoms with E-state index < -0.39 is 10.0 Å². The van der Waals surface area contributed by atoms with E-state index in [2.05, 4.69) is 0 Å². The van der Waals surface area contributed by atoms with E-state index in [0.717, 1.165) is 0 Å².